The van der Waals surface area contributed by atoms with Gasteiger partial charge in [-0.2, -0.15) is 0 Å². The van der Waals surface area contributed by atoms with Gasteiger partial charge in [-0.25, -0.2) is 9.18 Å². The lowest BCUT2D eigenvalue weighted by Crippen LogP contribution is -2.34. The lowest BCUT2D eigenvalue weighted by Gasteiger charge is -2.10. The highest BCUT2D eigenvalue weighted by Gasteiger charge is 2.11. The Hall–Kier alpha value is -2.08. The lowest BCUT2D eigenvalue weighted by atomic mass is 10.0. The maximum atomic E-state index is 13.9. The number of carbonyl (C=O) groups is 1. The molecule has 2 aromatic rings. The molecule has 1 heterocycles. The van der Waals surface area contributed by atoms with Gasteiger partial charge in [-0.05, 0) is 44.4 Å². The third-order valence-electron chi connectivity index (χ3n) is 3.32. The summed E-state index contributed by atoms with van der Waals surface area (Å²) in [5.41, 5.74) is 2.03. The Morgan fingerprint density at radius 3 is 2.70 bits per heavy atom. The Kier molecular flexibility index (Phi) is 5.98. The third kappa shape index (κ3) is 4.96. The Bertz CT molecular complexity index is 688. The van der Waals surface area contributed by atoms with E-state index in [9.17, 15) is 9.18 Å². The van der Waals surface area contributed by atoms with E-state index in [-0.39, 0.29) is 12.6 Å². The average Bonchev–Trinajstić information content (AvgIpc) is 2.91. The first-order valence-corrected chi connectivity index (χ1v) is 7.78. The fourth-order valence-electron chi connectivity index (χ4n) is 2.17. The standard InChI is InChI=1S/C16H19ClFN3O2/c1-3-19-16(22)20-9-12-7-11(14(17)8-15(12)18)4-5-13-6-10(2)23-21-13/h6-8H,3-5,9H2,1-2H3,(H2,19,20,22). The van der Waals surface area contributed by atoms with E-state index < -0.39 is 5.82 Å². The zero-order valence-corrected chi connectivity index (χ0v) is 13.8. The Morgan fingerprint density at radius 1 is 1.26 bits per heavy atom. The molecule has 2 rings (SSSR count). The Labute approximate surface area is 139 Å². The molecule has 2 amide bonds. The SMILES string of the molecule is CCNC(=O)NCc1cc(CCc2cc(C)on2)c(Cl)cc1F. The van der Waals surface area contributed by atoms with Crippen LogP contribution in [0.2, 0.25) is 5.02 Å². The number of amides is 2. The van der Waals surface area contributed by atoms with Crippen LogP contribution in [-0.4, -0.2) is 17.7 Å². The van der Waals surface area contributed by atoms with Crippen LogP contribution in [0.3, 0.4) is 0 Å². The van der Waals surface area contributed by atoms with E-state index in [1.165, 1.54) is 6.07 Å². The molecule has 0 saturated carbocycles. The molecule has 0 radical (unpaired) electrons. The molecule has 0 bridgehead atoms. The van der Waals surface area contributed by atoms with E-state index >= 15 is 0 Å². The number of aryl methyl sites for hydroxylation is 3. The van der Waals surface area contributed by atoms with Crippen LogP contribution < -0.4 is 10.6 Å². The van der Waals surface area contributed by atoms with Crippen LogP contribution >= 0.6 is 11.6 Å². The molecular weight excluding hydrogens is 321 g/mol. The maximum absolute atomic E-state index is 13.9. The van der Waals surface area contributed by atoms with Crippen LogP contribution in [-0.2, 0) is 19.4 Å². The van der Waals surface area contributed by atoms with Crippen molar-refractivity contribution in [2.24, 2.45) is 0 Å². The lowest BCUT2D eigenvalue weighted by molar-refractivity contribution is 0.241. The molecule has 5 nitrogen and oxygen atoms in total. The van der Waals surface area contributed by atoms with Crippen molar-refractivity contribution >= 4 is 17.6 Å². The zero-order valence-electron chi connectivity index (χ0n) is 13.1. The van der Waals surface area contributed by atoms with Gasteiger partial charge in [0.05, 0.1) is 5.69 Å². The van der Waals surface area contributed by atoms with Crippen molar-refractivity contribution in [1.29, 1.82) is 0 Å². The molecule has 1 aromatic heterocycles. The molecule has 0 unspecified atom stereocenters. The molecule has 0 fully saturated rings. The fraction of sp³-hybridized carbons (Fsp3) is 0.375. The van der Waals surface area contributed by atoms with Crippen LogP contribution in [0, 0.1) is 12.7 Å². The van der Waals surface area contributed by atoms with Gasteiger partial charge in [-0.15, -0.1) is 0 Å². The average molecular weight is 340 g/mol. The van der Waals surface area contributed by atoms with Crippen LogP contribution in [0.4, 0.5) is 9.18 Å². The zero-order chi connectivity index (χ0) is 16.8. The normalized spacial score (nSPS) is 10.6. The number of halogens is 2. The van der Waals surface area contributed by atoms with Gasteiger partial charge in [0.25, 0.3) is 0 Å². The van der Waals surface area contributed by atoms with Crippen molar-refractivity contribution in [3.05, 3.63) is 51.6 Å². The Balaban J connectivity index is 2.04. The van der Waals surface area contributed by atoms with E-state index in [4.69, 9.17) is 16.1 Å². The summed E-state index contributed by atoms with van der Waals surface area (Å²) in [6.07, 6.45) is 1.26. The first-order valence-electron chi connectivity index (χ1n) is 7.40. The number of rotatable bonds is 6. The van der Waals surface area contributed by atoms with E-state index in [2.05, 4.69) is 15.8 Å². The number of aromatic nitrogens is 1. The highest BCUT2D eigenvalue weighted by Crippen LogP contribution is 2.22. The molecule has 0 aliphatic heterocycles. The number of hydrogen-bond donors (Lipinski definition) is 2. The molecule has 7 heteroatoms. The molecular formula is C16H19ClFN3O2. The molecule has 2 N–H and O–H groups in total. The quantitative estimate of drug-likeness (QED) is 0.847. The van der Waals surface area contributed by atoms with Gasteiger partial charge in [0.15, 0.2) is 0 Å². The fourth-order valence-corrected chi connectivity index (χ4v) is 2.41. The monoisotopic (exact) mass is 339 g/mol. The number of carbonyl (C=O) groups excluding carboxylic acids is 1. The summed E-state index contributed by atoms with van der Waals surface area (Å²) in [5.74, 6) is 0.310. The van der Waals surface area contributed by atoms with E-state index in [0.717, 1.165) is 17.0 Å². The Morgan fingerprint density at radius 2 is 2.04 bits per heavy atom. The summed E-state index contributed by atoms with van der Waals surface area (Å²) in [4.78, 5) is 11.4. The minimum atomic E-state index is -0.437. The van der Waals surface area contributed by atoms with Crippen LogP contribution in [0.15, 0.2) is 22.7 Å². The summed E-state index contributed by atoms with van der Waals surface area (Å²) < 4.78 is 19.0. The van der Waals surface area contributed by atoms with Crippen molar-refractivity contribution in [1.82, 2.24) is 15.8 Å². The summed E-state index contributed by atoms with van der Waals surface area (Å²) in [5, 5.41) is 9.49. The first kappa shape index (κ1) is 17.3. The van der Waals surface area contributed by atoms with E-state index in [1.807, 2.05) is 19.9 Å². The second kappa shape index (κ2) is 7.97. The molecule has 0 aliphatic carbocycles. The highest BCUT2D eigenvalue weighted by molar-refractivity contribution is 6.31. The van der Waals surface area contributed by atoms with Crippen molar-refractivity contribution in [2.75, 3.05) is 6.54 Å². The molecule has 124 valence electrons. The van der Waals surface area contributed by atoms with Gasteiger partial charge >= 0.3 is 6.03 Å². The van der Waals surface area contributed by atoms with Crippen molar-refractivity contribution in [2.45, 2.75) is 33.2 Å². The van der Waals surface area contributed by atoms with Gasteiger partial charge in [0.2, 0.25) is 0 Å². The molecule has 0 atom stereocenters. The second-order valence-corrected chi connectivity index (χ2v) is 5.58. The van der Waals surface area contributed by atoms with Gasteiger partial charge in [-0.3, -0.25) is 0 Å². The summed E-state index contributed by atoms with van der Waals surface area (Å²) >= 11 is 6.10. The molecule has 23 heavy (non-hydrogen) atoms. The summed E-state index contributed by atoms with van der Waals surface area (Å²) in [6, 6.07) is 4.48. The molecule has 0 spiro atoms. The molecule has 0 aliphatic rings. The smallest absolute Gasteiger partial charge is 0.315 e. The number of benzene rings is 1. The van der Waals surface area contributed by atoms with Crippen LogP contribution in [0.1, 0.15) is 29.5 Å². The van der Waals surface area contributed by atoms with Crippen molar-refractivity contribution in [3.8, 4) is 0 Å². The van der Waals surface area contributed by atoms with Crippen molar-refractivity contribution < 1.29 is 13.7 Å². The van der Waals surface area contributed by atoms with Crippen LogP contribution in [0.5, 0.6) is 0 Å². The van der Waals surface area contributed by atoms with Crippen LogP contribution in [0.25, 0.3) is 0 Å². The molecule has 1 aromatic carbocycles. The predicted octanol–water partition coefficient (Wildman–Crippen LogP) is 3.38. The van der Waals surface area contributed by atoms with Gasteiger partial charge < -0.3 is 15.2 Å². The maximum Gasteiger partial charge on any atom is 0.315 e. The predicted molar refractivity (Wildman–Crippen MR) is 86.0 cm³/mol. The largest absolute Gasteiger partial charge is 0.361 e. The van der Waals surface area contributed by atoms with Crippen molar-refractivity contribution in [3.63, 3.8) is 0 Å². The first-order chi connectivity index (χ1) is 11.0. The van der Waals surface area contributed by atoms with E-state index in [1.54, 1.807) is 6.07 Å². The van der Waals surface area contributed by atoms with Gasteiger partial charge in [0.1, 0.15) is 11.6 Å². The number of urea groups is 1. The topological polar surface area (TPSA) is 67.2 Å². The second-order valence-electron chi connectivity index (χ2n) is 5.18. The minimum absolute atomic E-state index is 0.102. The summed E-state index contributed by atoms with van der Waals surface area (Å²) in [6.45, 7) is 4.25. The third-order valence-corrected chi connectivity index (χ3v) is 3.67. The highest BCUT2D eigenvalue weighted by atomic mass is 35.5. The van der Waals surface area contributed by atoms with E-state index in [0.29, 0.717) is 30.0 Å². The number of nitrogens with zero attached hydrogens (tertiary/aromatic N) is 1. The summed E-state index contributed by atoms with van der Waals surface area (Å²) in [7, 11) is 0. The molecule has 0 saturated heterocycles. The number of hydrogen-bond acceptors (Lipinski definition) is 3. The van der Waals surface area contributed by atoms with Gasteiger partial charge in [0, 0.05) is 29.7 Å². The number of nitrogens with one attached hydrogen (secondary N) is 2. The van der Waals surface area contributed by atoms with Gasteiger partial charge in [-0.1, -0.05) is 16.8 Å². The minimum Gasteiger partial charge on any atom is -0.361 e.